The number of ether oxygens (including phenoxy) is 2. The molecule has 2 aromatic carbocycles. The molecule has 0 spiro atoms. The highest BCUT2D eigenvalue weighted by atomic mass is 16.5. The lowest BCUT2D eigenvalue weighted by atomic mass is 10.1. The molecular formula is C23H21NO4. The Morgan fingerprint density at radius 1 is 1.00 bits per heavy atom. The first-order valence-corrected chi connectivity index (χ1v) is 9.32. The molecule has 1 aliphatic carbocycles. The van der Waals surface area contributed by atoms with Crippen molar-refractivity contribution >= 4 is 5.97 Å². The van der Waals surface area contributed by atoms with Crippen molar-refractivity contribution in [2.75, 3.05) is 6.61 Å². The van der Waals surface area contributed by atoms with Gasteiger partial charge in [-0.25, -0.2) is 9.78 Å². The molecule has 0 saturated heterocycles. The number of rotatable bonds is 8. The van der Waals surface area contributed by atoms with Crippen LogP contribution in [0.1, 0.15) is 28.8 Å². The Hall–Kier alpha value is -3.34. The zero-order chi connectivity index (χ0) is 19.3. The average Bonchev–Trinajstić information content (AvgIpc) is 3.56. The van der Waals surface area contributed by atoms with E-state index in [0.717, 1.165) is 29.0 Å². The number of carboxylic acids is 1. The van der Waals surface area contributed by atoms with Gasteiger partial charge in [0, 0.05) is 12.3 Å². The van der Waals surface area contributed by atoms with E-state index in [2.05, 4.69) is 4.98 Å². The number of pyridine rings is 1. The molecule has 0 bridgehead atoms. The first kappa shape index (κ1) is 18.0. The van der Waals surface area contributed by atoms with Crippen molar-refractivity contribution in [2.45, 2.75) is 19.4 Å². The number of aromatic carboxylic acids is 1. The van der Waals surface area contributed by atoms with Crippen LogP contribution in [0, 0.1) is 5.92 Å². The zero-order valence-corrected chi connectivity index (χ0v) is 15.4. The minimum atomic E-state index is -0.932. The molecule has 0 atom stereocenters. The third-order valence-electron chi connectivity index (χ3n) is 4.67. The molecular weight excluding hydrogens is 354 g/mol. The molecule has 1 fully saturated rings. The Balaban J connectivity index is 1.42. The second-order valence-corrected chi connectivity index (χ2v) is 6.96. The van der Waals surface area contributed by atoms with E-state index in [1.165, 1.54) is 12.8 Å². The topological polar surface area (TPSA) is 68.7 Å². The highest BCUT2D eigenvalue weighted by molar-refractivity contribution is 5.87. The van der Waals surface area contributed by atoms with Crippen molar-refractivity contribution in [3.05, 3.63) is 78.0 Å². The second kappa shape index (κ2) is 8.13. The number of nitrogens with zero attached hydrogens (tertiary/aromatic N) is 1. The number of hydrogen-bond acceptors (Lipinski definition) is 4. The van der Waals surface area contributed by atoms with Crippen LogP contribution in [-0.2, 0) is 6.61 Å². The summed E-state index contributed by atoms with van der Waals surface area (Å²) in [7, 11) is 0. The molecule has 4 rings (SSSR count). The van der Waals surface area contributed by atoms with Crippen LogP contribution in [0.2, 0.25) is 0 Å². The number of hydrogen-bond donors (Lipinski definition) is 1. The summed E-state index contributed by atoms with van der Waals surface area (Å²) in [5, 5.41) is 8.96. The van der Waals surface area contributed by atoms with Crippen LogP contribution in [0.15, 0.2) is 66.9 Å². The van der Waals surface area contributed by atoms with Crippen molar-refractivity contribution in [3.8, 4) is 22.8 Å². The highest BCUT2D eigenvalue weighted by Crippen LogP contribution is 2.30. The highest BCUT2D eigenvalue weighted by Gasteiger charge is 2.22. The van der Waals surface area contributed by atoms with E-state index in [1.54, 1.807) is 30.5 Å². The Morgan fingerprint density at radius 2 is 1.79 bits per heavy atom. The summed E-state index contributed by atoms with van der Waals surface area (Å²) < 4.78 is 11.6. The van der Waals surface area contributed by atoms with Crippen LogP contribution in [0.5, 0.6) is 11.6 Å². The number of aromatic nitrogens is 1. The Bertz CT molecular complexity index is 964. The van der Waals surface area contributed by atoms with Crippen molar-refractivity contribution in [3.63, 3.8) is 0 Å². The minimum Gasteiger partial charge on any atom is -0.489 e. The molecule has 0 unspecified atom stereocenters. The molecule has 1 saturated carbocycles. The van der Waals surface area contributed by atoms with Gasteiger partial charge in [-0.15, -0.1) is 0 Å². The maximum Gasteiger partial charge on any atom is 0.335 e. The van der Waals surface area contributed by atoms with Crippen LogP contribution in [0.25, 0.3) is 11.1 Å². The number of carbonyl (C=O) groups is 1. The monoisotopic (exact) mass is 375 g/mol. The summed E-state index contributed by atoms with van der Waals surface area (Å²) in [4.78, 5) is 15.2. The summed E-state index contributed by atoms with van der Waals surface area (Å²) >= 11 is 0. The van der Waals surface area contributed by atoms with Crippen molar-refractivity contribution in [1.29, 1.82) is 0 Å². The molecule has 0 amide bonds. The summed E-state index contributed by atoms with van der Waals surface area (Å²) in [5.41, 5.74) is 3.23. The first-order valence-electron chi connectivity index (χ1n) is 9.32. The summed E-state index contributed by atoms with van der Waals surface area (Å²) in [5.74, 6) is 1.15. The lowest BCUT2D eigenvalue weighted by Gasteiger charge is -2.10. The molecule has 5 heteroatoms. The maximum absolute atomic E-state index is 10.9. The summed E-state index contributed by atoms with van der Waals surface area (Å²) in [6.45, 7) is 1.11. The van der Waals surface area contributed by atoms with E-state index in [0.29, 0.717) is 18.4 Å². The summed E-state index contributed by atoms with van der Waals surface area (Å²) in [6.07, 6.45) is 4.26. The molecule has 1 heterocycles. The first-order chi connectivity index (χ1) is 13.7. The van der Waals surface area contributed by atoms with E-state index in [4.69, 9.17) is 14.6 Å². The zero-order valence-electron chi connectivity index (χ0n) is 15.4. The van der Waals surface area contributed by atoms with Crippen LogP contribution in [-0.4, -0.2) is 22.7 Å². The van der Waals surface area contributed by atoms with Gasteiger partial charge in [-0.3, -0.25) is 0 Å². The molecule has 1 aliphatic rings. The number of benzene rings is 2. The van der Waals surface area contributed by atoms with Crippen molar-refractivity contribution in [2.24, 2.45) is 5.92 Å². The Labute approximate surface area is 163 Å². The third-order valence-corrected chi connectivity index (χ3v) is 4.67. The molecule has 1 aromatic heterocycles. The normalized spacial score (nSPS) is 13.1. The quantitative estimate of drug-likeness (QED) is 0.612. The SMILES string of the molecule is O=C(O)c1ccc(COc2cccc(-c3ccnc(OCC4CC4)c3)c2)cc1. The fourth-order valence-corrected chi connectivity index (χ4v) is 2.83. The minimum absolute atomic E-state index is 0.267. The van der Waals surface area contributed by atoms with Crippen LogP contribution in [0.3, 0.4) is 0 Å². The summed E-state index contributed by atoms with van der Waals surface area (Å²) in [6, 6.07) is 18.4. The van der Waals surface area contributed by atoms with E-state index in [-0.39, 0.29) is 5.56 Å². The van der Waals surface area contributed by atoms with Gasteiger partial charge in [0.25, 0.3) is 0 Å². The largest absolute Gasteiger partial charge is 0.489 e. The predicted octanol–water partition coefficient (Wildman–Crippen LogP) is 4.81. The van der Waals surface area contributed by atoms with Gasteiger partial charge in [0.2, 0.25) is 5.88 Å². The molecule has 0 radical (unpaired) electrons. The molecule has 1 N–H and O–H groups in total. The van der Waals surface area contributed by atoms with E-state index in [1.807, 2.05) is 36.4 Å². The van der Waals surface area contributed by atoms with Crippen LogP contribution in [0.4, 0.5) is 0 Å². The predicted molar refractivity (Wildman–Crippen MR) is 106 cm³/mol. The third kappa shape index (κ3) is 4.68. The Morgan fingerprint density at radius 3 is 2.54 bits per heavy atom. The lowest BCUT2D eigenvalue weighted by molar-refractivity contribution is 0.0697. The van der Waals surface area contributed by atoms with Gasteiger partial charge in [-0.2, -0.15) is 0 Å². The molecule has 5 nitrogen and oxygen atoms in total. The standard InChI is InChI=1S/C23H21NO4/c25-23(26)18-8-6-17(7-9-18)14-27-21-3-1-2-19(12-21)20-10-11-24-22(13-20)28-15-16-4-5-16/h1-3,6-13,16H,4-5,14-15H2,(H,25,26). The van der Waals surface area contributed by atoms with Gasteiger partial charge in [0.1, 0.15) is 12.4 Å². The van der Waals surface area contributed by atoms with Gasteiger partial charge < -0.3 is 14.6 Å². The van der Waals surface area contributed by atoms with Gasteiger partial charge in [0.05, 0.1) is 12.2 Å². The molecule has 0 aliphatic heterocycles. The number of carboxylic acid groups (broad SMARTS) is 1. The van der Waals surface area contributed by atoms with Crippen molar-refractivity contribution < 1.29 is 19.4 Å². The van der Waals surface area contributed by atoms with Gasteiger partial charge in [-0.1, -0.05) is 24.3 Å². The smallest absolute Gasteiger partial charge is 0.335 e. The van der Waals surface area contributed by atoms with Crippen LogP contribution < -0.4 is 9.47 Å². The van der Waals surface area contributed by atoms with Gasteiger partial charge in [0.15, 0.2) is 0 Å². The molecule has 28 heavy (non-hydrogen) atoms. The second-order valence-electron chi connectivity index (χ2n) is 6.96. The van der Waals surface area contributed by atoms with E-state index < -0.39 is 5.97 Å². The van der Waals surface area contributed by atoms with E-state index in [9.17, 15) is 4.79 Å². The van der Waals surface area contributed by atoms with Gasteiger partial charge in [-0.05, 0) is 65.8 Å². The van der Waals surface area contributed by atoms with Crippen LogP contribution >= 0.6 is 0 Å². The lowest BCUT2D eigenvalue weighted by Crippen LogP contribution is -2.00. The van der Waals surface area contributed by atoms with Gasteiger partial charge >= 0.3 is 5.97 Å². The molecule has 142 valence electrons. The fraction of sp³-hybridized carbons (Fsp3) is 0.217. The maximum atomic E-state index is 10.9. The van der Waals surface area contributed by atoms with E-state index >= 15 is 0 Å². The van der Waals surface area contributed by atoms with Crippen molar-refractivity contribution in [1.82, 2.24) is 4.98 Å². The average molecular weight is 375 g/mol. The fourth-order valence-electron chi connectivity index (χ4n) is 2.83. The Kier molecular flexibility index (Phi) is 5.24. The molecule has 3 aromatic rings.